The fourth-order valence-electron chi connectivity index (χ4n) is 0.867. The molecule has 3 N–H and O–H groups in total. The van der Waals surface area contributed by atoms with E-state index in [1.54, 1.807) is 18.2 Å². The third-order valence-corrected chi connectivity index (χ3v) is 1.36. The number of rotatable bonds is 1. The molecule has 0 aromatic carbocycles. The van der Waals surface area contributed by atoms with E-state index in [0.29, 0.717) is 12.0 Å². The molecule has 0 amide bonds. The summed E-state index contributed by atoms with van der Waals surface area (Å²) in [6, 6.07) is -0.222. The second-order valence-electron chi connectivity index (χ2n) is 2.21. The summed E-state index contributed by atoms with van der Waals surface area (Å²) in [5.41, 5.74) is 5.82. The number of carbonyl (C=O) groups is 1. The number of hydrogen-bond acceptors (Lipinski definition) is 2. The van der Waals surface area contributed by atoms with Gasteiger partial charge in [0.1, 0.15) is 0 Å². The zero-order chi connectivity index (χ0) is 7.56. The van der Waals surface area contributed by atoms with Crippen LogP contribution in [-0.4, -0.2) is 17.1 Å². The van der Waals surface area contributed by atoms with E-state index in [1.807, 2.05) is 0 Å². The first-order chi connectivity index (χ1) is 4.70. The SMILES string of the molecule is NC1C=CCC(C(=O)O)=C1. The van der Waals surface area contributed by atoms with E-state index >= 15 is 0 Å². The first kappa shape index (κ1) is 7.02. The molecule has 0 saturated heterocycles. The molecule has 0 saturated carbocycles. The van der Waals surface area contributed by atoms with Crippen molar-refractivity contribution in [3.63, 3.8) is 0 Å². The second-order valence-corrected chi connectivity index (χ2v) is 2.21. The van der Waals surface area contributed by atoms with Crippen molar-refractivity contribution in [1.29, 1.82) is 0 Å². The molecular weight excluding hydrogens is 130 g/mol. The van der Waals surface area contributed by atoms with E-state index in [9.17, 15) is 4.79 Å². The molecule has 1 atom stereocenters. The largest absolute Gasteiger partial charge is 0.478 e. The molecule has 0 bridgehead atoms. The van der Waals surface area contributed by atoms with Crippen molar-refractivity contribution in [1.82, 2.24) is 0 Å². The summed E-state index contributed by atoms with van der Waals surface area (Å²) in [5, 5.41) is 8.50. The van der Waals surface area contributed by atoms with E-state index in [4.69, 9.17) is 10.8 Å². The summed E-state index contributed by atoms with van der Waals surface area (Å²) in [4.78, 5) is 10.3. The van der Waals surface area contributed by atoms with E-state index in [2.05, 4.69) is 0 Å². The highest BCUT2D eigenvalue weighted by atomic mass is 16.4. The van der Waals surface area contributed by atoms with Gasteiger partial charge in [0.25, 0.3) is 0 Å². The van der Waals surface area contributed by atoms with Crippen LogP contribution in [0, 0.1) is 0 Å². The molecule has 0 heterocycles. The lowest BCUT2D eigenvalue weighted by Crippen LogP contribution is -2.18. The van der Waals surface area contributed by atoms with E-state index in [0.717, 1.165) is 0 Å². The van der Waals surface area contributed by atoms with Gasteiger partial charge in [0.15, 0.2) is 0 Å². The molecule has 1 unspecified atom stereocenters. The summed E-state index contributed by atoms with van der Waals surface area (Å²) >= 11 is 0. The van der Waals surface area contributed by atoms with Crippen molar-refractivity contribution >= 4 is 5.97 Å². The van der Waals surface area contributed by atoms with Crippen LogP contribution in [0.3, 0.4) is 0 Å². The van der Waals surface area contributed by atoms with Gasteiger partial charge in [-0.05, 0) is 6.42 Å². The monoisotopic (exact) mass is 139 g/mol. The Morgan fingerprint density at radius 3 is 2.90 bits per heavy atom. The van der Waals surface area contributed by atoms with Gasteiger partial charge in [0.2, 0.25) is 0 Å². The highest BCUT2D eigenvalue weighted by Crippen LogP contribution is 2.09. The number of carboxylic acids is 1. The standard InChI is InChI=1S/C7H9NO2/c8-6-3-1-2-5(4-6)7(9)10/h1,3-4,6H,2,8H2,(H,9,10). The summed E-state index contributed by atoms with van der Waals surface area (Å²) < 4.78 is 0. The van der Waals surface area contributed by atoms with Crippen molar-refractivity contribution in [2.45, 2.75) is 12.5 Å². The van der Waals surface area contributed by atoms with Crippen LogP contribution in [0.25, 0.3) is 0 Å². The van der Waals surface area contributed by atoms with E-state index in [1.165, 1.54) is 0 Å². The third kappa shape index (κ3) is 1.45. The zero-order valence-corrected chi connectivity index (χ0v) is 5.45. The maximum Gasteiger partial charge on any atom is 0.331 e. The first-order valence-electron chi connectivity index (χ1n) is 3.06. The van der Waals surface area contributed by atoms with Crippen LogP contribution >= 0.6 is 0 Å². The molecule has 0 fully saturated rings. The van der Waals surface area contributed by atoms with Crippen molar-refractivity contribution < 1.29 is 9.90 Å². The van der Waals surface area contributed by atoms with Gasteiger partial charge in [-0.1, -0.05) is 18.2 Å². The van der Waals surface area contributed by atoms with E-state index < -0.39 is 5.97 Å². The van der Waals surface area contributed by atoms with Crippen molar-refractivity contribution in [3.05, 3.63) is 23.8 Å². The maximum atomic E-state index is 10.3. The summed E-state index contributed by atoms with van der Waals surface area (Å²) in [6.45, 7) is 0. The minimum atomic E-state index is -0.875. The maximum absolute atomic E-state index is 10.3. The Morgan fingerprint density at radius 2 is 2.50 bits per heavy atom. The number of carboxylic acid groups (broad SMARTS) is 1. The van der Waals surface area contributed by atoms with Gasteiger partial charge in [-0.15, -0.1) is 0 Å². The van der Waals surface area contributed by atoms with Crippen LogP contribution in [0.15, 0.2) is 23.8 Å². The smallest absolute Gasteiger partial charge is 0.331 e. The van der Waals surface area contributed by atoms with Gasteiger partial charge >= 0.3 is 5.97 Å². The van der Waals surface area contributed by atoms with Gasteiger partial charge in [0, 0.05) is 11.6 Å². The molecular formula is C7H9NO2. The van der Waals surface area contributed by atoms with Gasteiger partial charge in [-0.3, -0.25) is 0 Å². The van der Waals surface area contributed by atoms with Crippen molar-refractivity contribution in [2.75, 3.05) is 0 Å². The number of hydrogen-bond donors (Lipinski definition) is 2. The fourth-order valence-corrected chi connectivity index (χ4v) is 0.867. The molecule has 3 heteroatoms. The lowest BCUT2D eigenvalue weighted by Gasteiger charge is -2.07. The lowest BCUT2D eigenvalue weighted by molar-refractivity contribution is -0.132. The molecule has 10 heavy (non-hydrogen) atoms. The molecule has 0 radical (unpaired) electrons. The Bertz CT molecular complexity index is 206. The Hall–Kier alpha value is -1.09. The fraction of sp³-hybridized carbons (Fsp3) is 0.286. The summed E-state index contributed by atoms with van der Waals surface area (Å²) in [6.07, 6.45) is 5.60. The molecule has 0 aromatic rings. The average molecular weight is 139 g/mol. The number of aliphatic carboxylic acids is 1. The lowest BCUT2D eigenvalue weighted by atomic mass is 10.0. The van der Waals surface area contributed by atoms with E-state index in [-0.39, 0.29) is 6.04 Å². The van der Waals surface area contributed by atoms with Crippen LogP contribution in [-0.2, 0) is 4.79 Å². The number of allylic oxidation sites excluding steroid dienone is 1. The van der Waals surface area contributed by atoms with Gasteiger partial charge < -0.3 is 10.8 Å². The Labute approximate surface area is 58.8 Å². The molecule has 0 spiro atoms. The van der Waals surface area contributed by atoms with Crippen LogP contribution in [0.2, 0.25) is 0 Å². The highest BCUT2D eigenvalue weighted by Gasteiger charge is 2.09. The Morgan fingerprint density at radius 1 is 1.80 bits per heavy atom. The normalized spacial score (nSPS) is 24.1. The molecule has 3 nitrogen and oxygen atoms in total. The molecule has 0 aliphatic heterocycles. The average Bonchev–Trinajstić information content (AvgIpc) is 1.88. The zero-order valence-electron chi connectivity index (χ0n) is 5.45. The van der Waals surface area contributed by atoms with Gasteiger partial charge in [0.05, 0.1) is 0 Å². The second kappa shape index (κ2) is 2.66. The molecule has 1 rings (SSSR count). The minimum Gasteiger partial charge on any atom is -0.478 e. The quantitative estimate of drug-likeness (QED) is 0.513. The van der Waals surface area contributed by atoms with Crippen LogP contribution < -0.4 is 5.73 Å². The summed E-state index contributed by atoms with van der Waals surface area (Å²) in [7, 11) is 0. The first-order valence-corrected chi connectivity index (χ1v) is 3.06. The molecule has 1 aliphatic rings. The number of nitrogens with two attached hydrogens (primary N) is 1. The third-order valence-electron chi connectivity index (χ3n) is 1.36. The molecule has 0 aromatic heterocycles. The highest BCUT2D eigenvalue weighted by molar-refractivity contribution is 5.87. The van der Waals surface area contributed by atoms with Crippen molar-refractivity contribution in [3.8, 4) is 0 Å². The Kier molecular flexibility index (Phi) is 1.87. The minimum absolute atomic E-state index is 0.222. The summed E-state index contributed by atoms with van der Waals surface area (Å²) in [5.74, 6) is -0.875. The predicted octanol–water partition coefficient (Wildman–Crippen LogP) is 0.285. The van der Waals surface area contributed by atoms with Crippen LogP contribution in [0.5, 0.6) is 0 Å². The van der Waals surface area contributed by atoms with Gasteiger partial charge in [-0.2, -0.15) is 0 Å². The predicted molar refractivity (Wildman–Crippen MR) is 37.5 cm³/mol. The van der Waals surface area contributed by atoms with Crippen molar-refractivity contribution in [2.24, 2.45) is 5.73 Å². The van der Waals surface area contributed by atoms with Crippen LogP contribution in [0.1, 0.15) is 6.42 Å². The Balaban J connectivity index is 2.71. The topological polar surface area (TPSA) is 63.3 Å². The van der Waals surface area contributed by atoms with Gasteiger partial charge in [-0.25, -0.2) is 4.79 Å². The molecule has 54 valence electrons. The molecule has 1 aliphatic carbocycles. The van der Waals surface area contributed by atoms with Crippen LogP contribution in [0.4, 0.5) is 0 Å².